The minimum absolute atomic E-state index is 0.0506. The van der Waals surface area contributed by atoms with E-state index in [1.54, 1.807) is 0 Å². The molecule has 2 aromatic rings. The van der Waals surface area contributed by atoms with Crippen LogP contribution in [0.3, 0.4) is 0 Å². The molecule has 126 valence electrons. The van der Waals surface area contributed by atoms with Crippen molar-refractivity contribution in [1.82, 2.24) is 15.1 Å². The van der Waals surface area contributed by atoms with Gasteiger partial charge in [-0.3, -0.25) is 9.89 Å². The summed E-state index contributed by atoms with van der Waals surface area (Å²) in [4.78, 5) is 15.3. The first-order valence-electron chi connectivity index (χ1n) is 9.11. The van der Waals surface area contributed by atoms with Gasteiger partial charge in [-0.25, -0.2) is 0 Å². The molecule has 24 heavy (non-hydrogen) atoms. The highest BCUT2D eigenvalue weighted by molar-refractivity contribution is 5.84. The monoisotopic (exact) mass is 323 g/mol. The number of nitrogens with zero attached hydrogens (tertiary/aromatic N) is 2. The van der Waals surface area contributed by atoms with E-state index in [1.165, 1.54) is 11.1 Å². The topological polar surface area (TPSA) is 49.0 Å². The quantitative estimate of drug-likeness (QED) is 0.919. The van der Waals surface area contributed by atoms with Crippen LogP contribution in [0.4, 0.5) is 0 Å². The van der Waals surface area contributed by atoms with Crippen molar-refractivity contribution in [2.75, 3.05) is 13.1 Å². The van der Waals surface area contributed by atoms with Gasteiger partial charge >= 0.3 is 0 Å². The van der Waals surface area contributed by atoms with Crippen LogP contribution in [0, 0.1) is 6.92 Å². The molecular weight excluding hydrogens is 298 g/mol. The first kappa shape index (κ1) is 15.4. The Morgan fingerprint density at radius 3 is 2.96 bits per heavy atom. The van der Waals surface area contributed by atoms with Crippen LogP contribution < -0.4 is 0 Å². The third kappa shape index (κ3) is 2.85. The number of carbonyl (C=O) groups is 1. The highest BCUT2D eigenvalue weighted by Crippen LogP contribution is 2.35. The molecule has 2 atom stereocenters. The Morgan fingerprint density at radius 2 is 2.12 bits per heavy atom. The van der Waals surface area contributed by atoms with Crippen molar-refractivity contribution in [3.63, 3.8) is 0 Å². The number of hydrogen-bond donors (Lipinski definition) is 1. The Labute approximate surface area is 143 Å². The number of hydrogen-bond acceptors (Lipinski definition) is 2. The van der Waals surface area contributed by atoms with Crippen molar-refractivity contribution < 1.29 is 4.79 Å². The van der Waals surface area contributed by atoms with Crippen molar-refractivity contribution >= 4 is 5.91 Å². The molecule has 1 N–H and O–H groups in total. The number of benzene rings is 1. The van der Waals surface area contributed by atoms with E-state index >= 15 is 0 Å². The predicted molar refractivity (Wildman–Crippen MR) is 94.0 cm³/mol. The summed E-state index contributed by atoms with van der Waals surface area (Å²) in [6, 6.07) is 10.6. The van der Waals surface area contributed by atoms with E-state index in [4.69, 9.17) is 0 Å². The van der Waals surface area contributed by atoms with Crippen molar-refractivity contribution in [3.8, 4) is 0 Å². The van der Waals surface area contributed by atoms with Crippen LogP contribution in [0.25, 0.3) is 0 Å². The zero-order valence-electron chi connectivity index (χ0n) is 14.3. The van der Waals surface area contributed by atoms with Crippen molar-refractivity contribution in [3.05, 3.63) is 52.8 Å². The smallest absolute Gasteiger partial charge is 0.230 e. The lowest BCUT2D eigenvalue weighted by molar-refractivity contribution is -0.134. The molecule has 2 unspecified atom stereocenters. The molecule has 0 bridgehead atoms. The van der Waals surface area contributed by atoms with Crippen LogP contribution in [0.2, 0.25) is 0 Å². The lowest BCUT2D eigenvalue weighted by atomic mass is 9.81. The zero-order chi connectivity index (χ0) is 16.5. The van der Waals surface area contributed by atoms with Crippen molar-refractivity contribution in [2.45, 2.75) is 50.9 Å². The molecule has 1 aliphatic carbocycles. The van der Waals surface area contributed by atoms with Crippen molar-refractivity contribution in [1.29, 1.82) is 0 Å². The molecule has 0 spiro atoms. The van der Waals surface area contributed by atoms with Gasteiger partial charge in [0.05, 0.1) is 11.6 Å². The Kier molecular flexibility index (Phi) is 4.13. The fourth-order valence-corrected chi connectivity index (χ4v) is 4.30. The molecule has 0 radical (unpaired) electrons. The maximum Gasteiger partial charge on any atom is 0.230 e. The van der Waals surface area contributed by atoms with Crippen molar-refractivity contribution in [2.24, 2.45) is 0 Å². The van der Waals surface area contributed by atoms with E-state index in [-0.39, 0.29) is 5.92 Å². The molecule has 2 aliphatic rings. The van der Waals surface area contributed by atoms with E-state index in [2.05, 4.69) is 45.4 Å². The van der Waals surface area contributed by atoms with Gasteiger partial charge in [-0.1, -0.05) is 24.3 Å². The van der Waals surface area contributed by atoms with Crippen LogP contribution in [0.15, 0.2) is 30.3 Å². The Morgan fingerprint density at radius 1 is 1.25 bits per heavy atom. The number of fused-ring (bicyclic) bond motifs is 1. The summed E-state index contributed by atoms with van der Waals surface area (Å²) in [6.45, 7) is 3.72. The normalized spacial score (nSPS) is 23.8. The van der Waals surface area contributed by atoms with E-state index < -0.39 is 0 Å². The van der Waals surface area contributed by atoms with E-state index in [1.807, 2.05) is 6.92 Å². The Bertz CT molecular complexity index is 736. The lowest BCUT2D eigenvalue weighted by Crippen LogP contribution is -2.42. The fourth-order valence-electron chi connectivity index (χ4n) is 4.30. The number of H-pyrrole nitrogens is 1. The predicted octanol–water partition coefficient (Wildman–Crippen LogP) is 3.54. The molecule has 1 amide bonds. The average Bonchev–Trinajstić information content (AvgIpc) is 3.07. The SMILES string of the molecule is Cc1cc(C2CCCN(C(=O)C3CCCc4ccccc43)C2)n[nH]1. The molecule has 1 fully saturated rings. The first-order valence-corrected chi connectivity index (χ1v) is 9.11. The number of carbonyl (C=O) groups excluding carboxylic acids is 1. The standard InChI is InChI=1S/C20H25N3O/c1-14-12-19(22-21-14)16-8-5-11-23(13-16)20(24)18-10-4-7-15-6-2-3-9-17(15)18/h2-3,6,9,12,16,18H,4-5,7-8,10-11,13H2,1H3,(H,21,22). The number of piperidine rings is 1. The second-order valence-electron chi connectivity index (χ2n) is 7.24. The van der Waals surface area contributed by atoms with E-state index in [0.717, 1.165) is 56.6 Å². The van der Waals surface area contributed by atoms with Gasteiger partial charge in [0.15, 0.2) is 0 Å². The van der Waals surface area contributed by atoms with Gasteiger partial charge in [0.2, 0.25) is 5.91 Å². The number of amides is 1. The van der Waals surface area contributed by atoms with Gasteiger partial charge in [-0.05, 0) is 56.2 Å². The second-order valence-corrected chi connectivity index (χ2v) is 7.24. The molecule has 4 rings (SSSR count). The number of nitrogens with one attached hydrogen (secondary N) is 1. The summed E-state index contributed by atoms with van der Waals surface area (Å²) in [5.74, 6) is 0.736. The number of aromatic nitrogens is 2. The largest absolute Gasteiger partial charge is 0.341 e. The third-order valence-electron chi connectivity index (χ3n) is 5.54. The number of likely N-dealkylation sites (tertiary alicyclic amines) is 1. The third-order valence-corrected chi connectivity index (χ3v) is 5.54. The number of aromatic amines is 1. The van der Waals surface area contributed by atoms with Crippen LogP contribution in [0.1, 0.15) is 60.0 Å². The zero-order valence-corrected chi connectivity index (χ0v) is 14.3. The average molecular weight is 323 g/mol. The van der Waals surface area contributed by atoms with E-state index in [0.29, 0.717) is 11.8 Å². The van der Waals surface area contributed by atoms with Crippen LogP contribution in [-0.4, -0.2) is 34.1 Å². The fraction of sp³-hybridized carbons (Fsp3) is 0.500. The Balaban J connectivity index is 1.52. The molecule has 1 aliphatic heterocycles. The summed E-state index contributed by atoms with van der Waals surface area (Å²) >= 11 is 0. The first-order chi connectivity index (χ1) is 11.7. The molecule has 2 heterocycles. The molecule has 1 aromatic carbocycles. The Hall–Kier alpha value is -2.10. The van der Waals surface area contributed by atoms with Gasteiger partial charge < -0.3 is 4.90 Å². The molecule has 1 aromatic heterocycles. The summed E-state index contributed by atoms with van der Waals surface area (Å²) in [5.41, 5.74) is 4.81. The molecule has 0 saturated carbocycles. The molecule has 4 nitrogen and oxygen atoms in total. The van der Waals surface area contributed by atoms with Gasteiger partial charge in [-0.15, -0.1) is 0 Å². The van der Waals surface area contributed by atoms with Crippen LogP contribution >= 0.6 is 0 Å². The minimum Gasteiger partial charge on any atom is -0.341 e. The van der Waals surface area contributed by atoms with Crippen LogP contribution in [0.5, 0.6) is 0 Å². The molecule has 1 saturated heterocycles. The van der Waals surface area contributed by atoms with Gasteiger partial charge in [0.1, 0.15) is 0 Å². The highest BCUT2D eigenvalue weighted by Gasteiger charge is 2.33. The number of rotatable bonds is 2. The summed E-state index contributed by atoms with van der Waals surface area (Å²) < 4.78 is 0. The summed E-state index contributed by atoms with van der Waals surface area (Å²) in [6.07, 6.45) is 5.39. The van der Waals surface area contributed by atoms with Gasteiger partial charge in [0, 0.05) is 24.7 Å². The van der Waals surface area contributed by atoms with Crippen LogP contribution in [-0.2, 0) is 11.2 Å². The minimum atomic E-state index is 0.0506. The molecule has 4 heteroatoms. The second kappa shape index (κ2) is 6.42. The van der Waals surface area contributed by atoms with Gasteiger partial charge in [-0.2, -0.15) is 5.10 Å². The summed E-state index contributed by atoms with van der Waals surface area (Å²) in [5, 5.41) is 7.45. The summed E-state index contributed by atoms with van der Waals surface area (Å²) in [7, 11) is 0. The maximum atomic E-state index is 13.2. The lowest BCUT2D eigenvalue weighted by Gasteiger charge is -2.36. The molecular formula is C20H25N3O. The maximum absolute atomic E-state index is 13.2. The van der Waals surface area contributed by atoms with E-state index in [9.17, 15) is 4.79 Å². The number of aryl methyl sites for hydroxylation is 2. The van der Waals surface area contributed by atoms with Gasteiger partial charge in [0.25, 0.3) is 0 Å². The highest BCUT2D eigenvalue weighted by atomic mass is 16.2.